The average molecular weight is 613 g/mol. The minimum Gasteiger partial charge on any atom is -0.368 e. The van der Waals surface area contributed by atoms with Crippen molar-refractivity contribution in [1.29, 1.82) is 0 Å². The zero-order valence-electron chi connectivity index (χ0n) is 19.8. The molecule has 0 bridgehead atoms. The van der Waals surface area contributed by atoms with E-state index in [4.69, 9.17) is 19.0 Å². The number of benzene rings is 1. The Morgan fingerprint density at radius 1 is 1.11 bits per heavy atom. The van der Waals surface area contributed by atoms with Crippen molar-refractivity contribution in [3.05, 3.63) is 40.0 Å². The van der Waals surface area contributed by atoms with Crippen molar-refractivity contribution in [3.8, 4) is 0 Å². The first-order valence-corrected chi connectivity index (χ1v) is 14.0. The first kappa shape index (κ1) is 24.8. The molecule has 3 aromatic rings. The zero-order valence-corrected chi connectivity index (χ0v) is 22.8. The number of hydrogen-bond acceptors (Lipinski definition) is 8. The minimum atomic E-state index is -4.20. The molecule has 1 aliphatic heterocycles. The number of imidazole rings is 1. The SMILES string of the molecule is C[C@H]1[C@H]2OC(C)(C)O[C@H]2C(n2cnc3c(NCCc4ccc(S(=O)(=O)O)cc4)nc(I)nc32)[C@H]1C. The van der Waals surface area contributed by atoms with Crippen molar-refractivity contribution in [2.24, 2.45) is 11.8 Å². The molecule has 2 aromatic heterocycles. The van der Waals surface area contributed by atoms with Gasteiger partial charge in [0.15, 0.2) is 26.6 Å². The molecule has 2 aliphatic rings. The van der Waals surface area contributed by atoms with Gasteiger partial charge in [-0.3, -0.25) is 4.55 Å². The molecule has 10 nitrogen and oxygen atoms in total. The number of hydrogen-bond donors (Lipinski definition) is 2. The lowest BCUT2D eigenvalue weighted by Crippen LogP contribution is -2.29. The van der Waals surface area contributed by atoms with Crippen molar-refractivity contribution in [1.82, 2.24) is 19.5 Å². The van der Waals surface area contributed by atoms with Gasteiger partial charge in [-0.05, 0) is 49.8 Å². The first-order chi connectivity index (χ1) is 16.4. The Hall–Kier alpha value is -1.87. The van der Waals surface area contributed by atoms with Crippen LogP contribution in [-0.2, 0) is 26.0 Å². The molecular weight excluding hydrogens is 585 g/mol. The lowest BCUT2D eigenvalue weighted by atomic mass is 9.96. The highest BCUT2D eigenvalue weighted by molar-refractivity contribution is 14.1. The van der Waals surface area contributed by atoms with Gasteiger partial charge in [-0.2, -0.15) is 8.42 Å². The Kier molecular flexibility index (Phi) is 6.31. The van der Waals surface area contributed by atoms with Gasteiger partial charge in [0, 0.05) is 29.1 Å². The molecule has 0 spiro atoms. The van der Waals surface area contributed by atoms with Gasteiger partial charge in [-0.15, -0.1) is 0 Å². The van der Waals surface area contributed by atoms with Crippen LogP contribution in [0.1, 0.15) is 39.3 Å². The molecular formula is C23H28IN5O5S. The van der Waals surface area contributed by atoms with Crippen molar-refractivity contribution in [2.45, 2.75) is 63.0 Å². The maximum atomic E-state index is 11.2. The van der Waals surface area contributed by atoms with Gasteiger partial charge in [-0.25, -0.2) is 15.0 Å². The maximum absolute atomic E-state index is 11.2. The largest absolute Gasteiger partial charge is 0.368 e. The Labute approximate surface area is 217 Å². The Morgan fingerprint density at radius 2 is 1.80 bits per heavy atom. The number of aromatic nitrogens is 4. The Bertz CT molecular complexity index is 1360. The van der Waals surface area contributed by atoms with Gasteiger partial charge < -0.3 is 19.4 Å². The van der Waals surface area contributed by atoms with E-state index in [2.05, 4.69) is 56.3 Å². The van der Waals surface area contributed by atoms with Gasteiger partial charge in [-0.1, -0.05) is 26.0 Å². The number of ether oxygens (including phenoxy) is 2. The van der Waals surface area contributed by atoms with E-state index in [0.717, 1.165) is 11.2 Å². The standard InChI is InChI=1S/C23H28IN5O5S/c1-12-13(2)18-19(34-23(3,4)33-18)17(12)29-11-26-16-20(27-22(24)28-21(16)29)25-10-9-14-5-7-15(8-6-14)35(30,31)32/h5-8,11-13,17-19H,9-10H2,1-4H3,(H,25,27,28)(H,30,31,32)/t12-,13+,17?,18+,19-/m0/s1. The molecule has 1 unspecified atom stereocenters. The molecule has 5 rings (SSSR count). The molecule has 3 heterocycles. The number of fused-ring (bicyclic) bond motifs is 2. The molecule has 2 N–H and O–H groups in total. The van der Waals surface area contributed by atoms with Crippen LogP contribution in [0.3, 0.4) is 0 Å². The van der Waals surface area contributed by atoms with E-state index in [1.165, 1.54) is 12.1 Å². The number of nitrogens with zero attached hydrogens (tertiary/aromatic N) is 4. The summed E-state index contributed by atoms with van der Waals surface area (Å²) >= 11 is 2.11. The van der Waals surface area contributed by atoms with E-state index in [0.29, 0.717) is 40.0 Å². The Balaban J connectivity index is 1.38. The van der Waals surface area contributed by atoms with Crippen LogP contribution in [0, 0.1) is 15.7 Å². The molecule has 5 atom stereocenters. The smallest absolute Gasteiger partial charge is 0.294 e. The third kappa shape index (κ3) is 4.66. The average Bonchev–Trinajstić information content (AvgIpc) is 3.39. The minimum absolute atomic E-state index is 0.0214. The van der Waals surface area contributed by atoms with Gasteiger partial charge in [0.2, 0.25) is 0 Å². The molecule has 0 radical (unpaired) electrons. The molecule has 2 fully saturated rings. The monoisotopic (exact) mass is 613 g/mol. The number of anilines is 1. The lowest BCUT2D eigenvalue weighted by Gasteiger charge is -2.27. The highest BCUT2D eigenvalue weighted by Gasteiger charge is 2.56. The summed E-state index contributed by atoms with van der Waals surface area (Å²) in [6.45, 7) is 8.90. The van der Waals surface area contributed by atoms with Gasteiger partial charge >= 0.3 is 0 Å². The van der Waals surface area contributed by atoms with E-state index < -0.39 is 15.9 Å². The van der Waals surface area contributed by atoms with Crippen LogP contribution in [0.2, 0.25) is 0 Å². The highest BCUT2D eigenvalue weighted by Crippen LogP contribution is 2.50. The molecule has 12 heteroatoms. The van der Waals surface area contributed by atoms with Crippen LogP contribution < -0.4 is 5.32 Å². The van der Waals surface area contributed by atoms with Crippen LogP contribution in [0.4, 0.5) is 5.82 Å². The van der Waals surface area contributed by atoms with E-state index >= 15 is 0 Å². The van der Waals surface area contributed by atoms with Crippen LogP contribution in [-0.4, -0.2) is 57.0 Å². The lowest BCUT2D eigenvalue weighted by molar-refractivity contribution is -0.163. The summed E-state index contributed by atoms with van der Waals surface area (Å²) in [7, 11) is -4.20. The normalized spacial score (nSPS) is 27.9. The fraction of sp³-hybridized carbons (Fsp3) is 0.522. The van der Waals surface area contributed by atoms with Crippen molar-refractivity contribution >= 4 is 49.7 Å². The molecule has 1 aromatic carbocycles. The van der Waals surface area contributed by atoms with Crippen molar-refractivity contribution in [2.75, 3.05) is 11.9 Å². The van der Waals surface area contributed by atoms with Crippen LogP contribution in [0.25, 0.3) is 11.2 Å². The number of rotatable bonds is 6. The van der Waals surface area contributed by atoms with Crippen LogP contribution >= 0.6 is 22.6 Å². The third-order valence-corrected chi connectivity index (χ3v) is 8.38. The van der Waals surface area contributed by atoms with Gasteiger partial charge in [0.25, 0.3) is 10.1 Å². The molecule has 1 aliphatic carbocycles. The predicted octanol–water partition coefficient (Wildman–Crippen LogP) is 3.68. The summed E-state index contributed by atoms with van der Waals surface area (Å²) < 4.78 is 46.9. The summed E-state index contributed by atoms with van der Waals surface area (Å²) in [5.41, 5.74) is 2.37. The molecule has 0 amide bonds. The molecule has 1 saturated carbocycles. The zero-order chi connectivity index (χ0) is 25.1. The van der Waals surface area contributed by atoms with Crippen molar-refractivity contribution in [3.63, 3.8) is 0 Å². The summed E-state index contributed by atoms with van der Waals surface area (Å²) in [6, 6.07) is 6.20. The second kappa shape index (κ2) is 8.91. The number of halogens is 1. The van der Waals surface area contributed by atoms with Crippen LogP contribution in [0.15, 0.2) is 35.5 Å². The quantitative estimate of drug-likeness (QED) is 0.243. The molecule has 35 heavy (non-hydrogen) atoms. The highest BCUT2D eigenvalue weighted by atomic mass is 127. The van der Waals surface area contributed by atoms with E-state index in [1.807, 2.05) is 20.2 Å². The third-order valence-electron chi connectivity index (χ3n) is 7.03. The Morgan fingerprint density at radius 3 is 2.49 bits per heavy atom. The second-order valence-corrected chi connectivity index (χ2v) is 12.1. The topological polar surface area (TPSA) is 128 Å². The fourth-order valence-electron chi connectivity index (χ4n) is 5.19. The summed E-state index contributed by atoms with van der Waals surface area (Å²) in [4.78, 5) is 13.8. The first-order valence-electron chi connectivity index (χ1n) is 11.5. The van der Waals surface area contributed by atoms with Crippen LogP contribution in [0.5, 0.6) is 0 Å². The van der Waals surface area contributed by atoms with Gasteiger partial charge in [0.1, 0.15) is 6.10 Å². The number of nitrogens with one attached hydrogen (secondary N) is 1. The van der Waals surface area contributed by atoms with Crippen molar-refractivity contribution < 1.29 is 22.4 Å². The second-order valence-electron chi connectivity index (χ2n) is 9.73. The summed E-state index contributed by atoms with van der Waals surface area (Å²) in [6.07, 6.45) is 2.39. The summed E-state index contributed by atoms with van der Waals surface area (Å²) in [5, 5.41) is 3.35. The predicted molar refractivity (Wildman–Crippen MR) is 138 cm³/mol. The maximum Gasteiger partial charge on any atom is 0.294 e. The van der Waals surface area contributed by atoms with E-state index in [1.54, 1.807) is 12.1 Å². The van der Waals surface area contributed by atoms with E-state index in [-0.39, 0.29) is 23.1 Å². The fourth-order valence-corrected chi connectivity index (χ4v) is 6.14. The summed E-state index contributed by atoms with van der Waals surface area (Å²) in [5.74, 6) is 0.670. The molecule has 188 valence electrons. The van der Waals surface area contributed by atoms with Gasteiger partial charge in [0.05, 0.1) is 23.4 Å². The molecule has 1 saturated heterocycles. The van der Waals surface area contributed by atoms with E-state index in [9.17, 15) is 8.42 Å².